The van der Waals surface area contributed by atoms with Crippen LogP contribution in [0.1, 0.15) is 19.8 Å². The molecule has 0 amide bonds. The smallest absolute Gasteiger partial charge is 0.307 e. The van der Waals surface area contributed by atoms with E-state index in [2.05, 4.69) is 10.1 Å². The van der Waals surface area contributed by atoms with Crippen LogP contribution in [0.25, 0.3) is 0 Å². The van der Waals surface area contributed by atoms with E-state index in [0.29, 0.717) is 12.5 Å². The largest absolute Gasteiger partial charge is 0.469 e. The molecule has 1 aliphatic heterocycles. The van der Waals surface area contributed by atoms with Crippen molar-refractivity contribution < 1.29 is 14.3 Å². The number of carbonyl (C=O) groups is 1. The highest BCUT2D eigenvalue weighted by Crippen LogP contribution is 2.05. The van der Waals surface area contributed by atoms with Crippen molar-refractivity contribution in [1.29, 1.82) is 0 Å². The third-order valence-electron chi connectivity index (χ3n) is 2.15. The van der Waals surface area contributed by atoms with Crippen LogP contribution in [0.4, 0.5) is 0 Å². The monoisotopic (exact) mass is 187 g/mol. The molecule has 0 aromatic rings. The van der Waals surface area contributed by atoms with E-state index in [1.807, 2.05) is 6.92 Å². The highest BCUT2D eigenvalue weighted by Gasteiger charge is 2.18. The van der Waals surface area contributed by atoms with Crippen molar-refractivity contribution in [3.05, 3.63) is 0 Å². The molecule has 0 radical (unpaired) electrons. The van der Waals surface area contributed by atoms with Gasteiger partial charge in [-0.1, -0.05) is 0 Å². The second-order valence-corrected chi connectivity index (χ2v) is 3.41. The molecule has 2 unspecified atom stereocenters. The number of hydrogen-bond donors (Lipinski definition) is 1. The fraction of sp³-hybridized carbons (Fsp3) is 0.889. The highest BCUT2D eigenvalue weighted by atomic mass is 16.5. The van der Waals surface area contributed by atoms with Gasteiger partial charge in [0.05, 0.1) is 20.1 Å². The molecule has 0 aliphatic carbocycles. The van der Waals surface area contributed by atoms with Gasteiger partial charge in [-0.25, -0.2) is 0 Å². The van der Waals surface area contributed by atoms with Gasteiger partial charge in [-0.2, -0.15) is 0 Å². The zero-order chi connectivity index (χ0) is 9.68. The number of ether oxygens (including phenoxy) is 2. The zero-order valence-corrected chi connectivity index (χ0v) is 8.21. The molecular formula is C9H17NO3. The highest BCUT2D eigenvalue weighted by molar-refractivity contribution is 5.69. The van der Waals surface area contributed by atoms with Crippen LogP contribution in [0.3, 0.4) is 0 Å². The van der Waals surface area contributed by atoms with Gasteiger partial charge in [0.1, 0.15) is 0 Å². The molecule has 1 N–H and O–H groups in total. The summed E-state index contributed by atoms with van der Waals surface area (Å²) in [6.07, 6.45) is 1.46. The fourth-order valence-electron chi connectivity index (χ4n) is 1.46. The maximum absolute atomic E-state index is 10.9. The Labute approximate surface area is 78.6 Å². The molecule has 0 aromatic carbocycles. The average molecular weight is 187 g/mol. The summed E-state index contributed by atoms with van der Waals surface area (Å²) >= 11 is 0. The summed E-state index contributed by atoms with van der Waals surface area (Å²) in [5.41, 5.74) is 0. The van der Waals surface area contributed by atoms with E-state index in [1.54, 1.807) is 0 Å². The zero-order valence-electron chi connectivity index (χ0n) is 8.21. The molecule has 1 rings (SSSR count). The van der Waals surface area contributed by atoms with Crippen molar-refractivity contribution in [2.75, 3.05) is 20.3 Å². The van der Waals surface area contributed by atoms with Crippen LogP contribution in [0.15, 0.2) is 0 Å². The molecule has 4 heteroatoms. The molecule has 1 fully saturated rings. The summed E-state index contributed by atoms with van der Waals surface area (Å²) in [6, 6.07) is 0.568. The van der Waals surface area contributed by atoms with Gasteiger partial charge in [0, 0.05) is 18.7 Å². The Hall–Kier alpha value is -0.610. The molecule has 4 nitrogen and oxygen atoms in total. The van der Waals surface area contributed by atoms with Crippen LogP contribution in [0.5, 0.6) is 0 Å². The molecule has 13 heavy (non-hydrogen) atoms. The summed E-state index contributed by atoms with van der Waals surface area (Å²) in [6.45, 7) is 3.56. The van der Waals surface area contributed by atoms with Gasteiger partial charge in [-0.15, -0.1) is 0 Å². The van der Waals surface area contributed by atoms with Crippen molar-refractivity contribution in [1.82, 2.24) is 5.32 Å². The normalized spacial score (nSPS) is 24.3. The van der Waals surface area contributed by atoms with E-state index in [-0.39, 0.29) is 12.0 Å². The Morgan fingerprint density at radius 2 is 2.54 bits per heavy atom. The first-order chi connectivity index (χ1) is 6.22. The first-order valence-electron chi connectivity index (χ1n) is 4.63. The maximum atomic E-state index is 10.9. The minimum Gasteiger partial charge on any atom is -0.469 e. The van der Waals surface area contributed by atoms with E-state index in [4.69, 9.17) is 4.74 Å². The van der Waals surface area contributed by atoms with E-state index < -0.39 is 0 Å². The molecule has 0 spiro atoms. The Bertz CT molecular complexity index is 166. The van der Waals surface area contributed by atoms with Crippen LogP contribution in [0.2, 0.25) is 0 Å². The van der Waals surface area contributed by atoms with Gasteiger partial charge in [0.15, 0.2) is 0 Å². The molecular weight excluding hydrogens is 170 g/mol. The van der Waals surface area contributed by atoms with Crippen molar-refractivity contribution in [3.8, 4) is 0 Å². The van der Waals surface area contributed by atoms with Gasteiger partial charge in [-0.05, 0) is 13.3 Å². The van der Waals surface area contributed by atoms with E-state index in [1.165, 1.54) is 7.11 Å². The van der Waals surface area contributed by atoms with E-state index >= 15 is 0 Å². The molecule has 0 saturated carbocycles. The Balaban J connectivity index is 2.16. The van der Waals surface area contributed by atoms with Crippen molar-refractivity contribution >= 4 is 5.97 Å². The second kappa shape index (κ2) is 5.19. The van der Waals surface area contributed by atoms with Crippen LogP contribution >= 0.6 is 0 Å². The van der Waals surface area contributed by atoms with E-state index in [9.17, 15) is 4.79 Å². The molecule has 76 valence electrons. The van der Waals surface area contributed by atoms with Crippen LogP contribution < -0.4 is 5.32 Å². The predicted octanol–water partition coefficient (Wildman–Crippen LogP) is 0.317. The summed E-state index contributed by atoms with van der Waals surface area (Å²) in [4.78, 5) is 10.9. The molecule has 1 heterocycles. The Morgan fingerprint density at radius 3 is 3.08 bits per heavy atom. The van der Waals surface area contributed by atoms with Crippen LogP contribution in [0, 0.1) is 0 Å². The predicted molar refractivity (Wildman–Crippen MR) is 48.5 cm³/mol. The van der Waals surface area contributed by atoms with Gasteiger partial charge in [0.2, 0.25) is 0 Å². The van der Waals surface area contributed by atoms with Crippen molar-refractivity contribution in [3.63, 3.8) is 0 Å². The number of esters is 1. The number of hydrogen-bond acceptors (Lipinski definition) is 4. The molecule has 2 atom stereocenters. The lowest BCUT2D eigenvalue weighted by Crippen LogP contribution is -2.38. The Kier molecular flexibility index (Phi) is 4.18. The minimum absolute atomic E-state index is 0.166. The first kappa shape index (κ1) is 10.5. The topological polar surface area (TPSA) is 47.6 Å². The van der Waals surface area contributed by atoms with Crippen molar-refractivity contribution in [2.24, 2.45) is 0 Å². The first-order valence-corrected chi connectivity index (χ1v) is 4.63. The summed E-state index contributed by atoms with van der Waals surface area (Å²) in [5, 5.41) is 3.32. The minimum atomic E-state index is -0.168. The molecule has 0 aromatic heterocycles. The third-order valence-corrected chi connectivity index (χ3v) is 2.15. The third kappa shape index (κ3) is 3.74. The van der Waals surface area contributed by atoms with Gasteiger partial charge < -0.3 is 14.8 Å². The van der Waals surface area contributed by atoms with E-state index in [0.717, 1.165) is 19.6 Å². The van der Waals surface area contributed by atoms with Crippen LogP contribution in [-0.2, 0) is 14.3 Å². The van der Waals surface area contributed by atoms with Gasteiger partial charge in [0.25, 0.3) is 0 Å². The van der Waals surface area contributed by atoms with Crippen LogP contribution in [-0.4, -0.2) is 38.4 Å². The van der Waals surface area contributed by atoms with Gasteiger partial charge in [-0.3, -0.25) is 4.79 Å². The lowest BCUT2D eigenvalue weighted by Gasteiger charge is -2.16. The number of methoxy groups -OCH3 is 1. The standard InChI is InChI=1S/C9H17NO3/c1-7(5-9(11)12-2)10-8-3-4-13-6-8/h7-8,10H,3-6H2,1-2H3. The fourth-order valence-corrected chi connectivity index (χ4v) is 1.46. The van der Waals surface area contributed by atoms with Gasteiger partial charge >= 0.3 is 5.97 Å². The number of rotatable bonds is 4. The Morgan fingerprint density at radius 1 is 1.77 bits per heavy atom. The quantitative estimate of drug-likeness (QED) is 0.644. The molecule has 1 aliphatic rings. The molecule has 1 saturated heterocycles. The lowest BCUT2D eigenvalue weighted by atomic mass is 10.2. The second-order valence-electron chi connectivity index (χ2n) is 3.41. The number of carbonyl (C=O) groups excluding carboxylic acids is 1. The maximum Gasteiger partial charge on any atom is 0.307 e. The average Bonchev–Trinajstić information content (AvgIpc) is 2.56. The van der Waals surface area contributed by atoms with Crippen molar-refractivity contribution in [2.45, 2.75) is 31.8 Å². The summed E-state index contributed by atoms with van der Waals surface area (Å²) in [7, 11) is 1.41. The number of nitrogens with one attached hydrogen (secondary N) is 1. The summed E-state index contributed by atoms with van der Waals surface area (Å²) < 4.78 is 9.79. The lowest BCUT2D eigenvalue weighted by molar-refractivity contribution is -0.141. The SMILES string of the molecule is COC(=O)CC(C)NC1CCOC1. The summed E-state index contributed by atoms with van der Waals surface area (Å²) in [5.74, 6) is -0.168. The molecule has 0 bridgehead atoms.